The Hall–Kier alpha value is -3.15. The average molecular weight is 392 g/mol. The zero-order valence-electron chi connectivity index (χ0n) is 16.8. The van der Waals surface area contributed by atoms with Crippen LogP contribution in [0.4, 0.5) is 10.1 Å². The number of carbonyl (C=O) groups is 1. The lowest BCUT2D eigenvalue weighted by Gasteiger charge is -2.36. The highest BCUT2D eigenvalue weighted by atomic mass is 19.1. The van der Waals surface area contributed by atoms with E-state index in [9.17, 15) is 9.18 Å². The molecule has 3 aromatic rings. The van der Waals surface area contributed by atoms with Crippen molar-refractivity contribution in [3.8, 4) is 5.69 Å². The molecule has 6 heteroatoms. The fraction of sp³-hybridized carbons (Fsp3) is 0.304. The molecule has 1 amide bonds. The van der Waals surface area contributed by atoms with Gasteiger partial charge in [-0.15, -0.1) is 0 Å². The van der Waals surface area contributed by atoms with Gasteiger partial charge in [-0.05, 0) is 43.7 Å². The van der Waals surface area contributed by atoms with Gasteiger partial charge in [0, 0.05) is 26.2 Å². The molecule has 0 atom stereocenters. The Labute approximate surface area is 170 Å². The number of para-hydroxylation sites is 1. The van der Waals surface area contributed by atoms with Crippen LogP contribution in [0.25, 0.3) is 5.69 Å². The van der Waals surface area contributed by atoms with Gasteiger partial charge in [-0.1, -0.05) is 30.3 Å². The smallest absolute Gasteiger partial charge is 0.227 e. The molecule has 2 heterocycles. The molecule has 1 aliphatic rings. The first-order chi connectivity index (χ1) is 14.0. The lowest BCUT2D eigenvalue weighted by molar-refractivity contribution is -0.130. The van der Waals surface area contributed by atoms with Crippen LogP contribution < -0.4 is 4.90 Å². The molecule has 4 rings (SSSR count). The van der Waals surface area contributed by atoms with Gasteiger partial charge in [0.1, 0.15) is 5.82 Å². The first kappa shape index (κ1) is 19.2. The summed E-state index contributed by atoms with van der Waals surface area (Å²) in [4.78, 5) is 16.8. The van der Waals surface area contributed by atoms with Gasteiger partial charge >= 0.3 is 0 Å². The molecule has 1 aromatic heterocycles. The van der Waals surface area contributed by atoms with Crippen LogP contribution in [0.5, 0.6) is 0 Å². The van der Waals surface area contributed by atoms with Gasteiger partial charge < -0.3 is 9.80 Å². The van der Waals surface area contributed by atoms with Crippen LogP contribution in [0.1, 0.15) is 17.0 Å². The standard InChI is InChI=1S/C23H25FN4O/c1-17-23(18(2)28(25-17)21-6-4-3-5-7-21)27-14-12-26(13-15-27)22(29)16-19-8-10-20(24)11-9-19/h3-11H,12-16H2,1-2H3. The highest BCUT2D eigenvalue weighted by Gasteiger charge is 2.25. The number of hydrogen-bond acceptors (Lipinski definition) is 3. The van der Waals surface area contributed by atoms with Gasteiger partial charge in [0.25, 0.3) is 0 Å². The molecule has 5 nitrogen and oxygen atoms in total. The molecule has 0 unspecified atom stereocenters. The number of halogens is 1. The summed E-state index contributed by atoms with van der Waals surface area (Å²) in [5, 5.41) is 4.74. The van der Waals surface area contributed by atoms with Crippen LogP contribution in [-0.2, 0) is 11.2 Å². The molecule has 1 saturated heterocycles. The fourth-order valence-electron chi connectivity index (χ4n) is 3.98. The summed E-state index contributed by atoms with van der Waals surface area (Å²) in [6.07, 6.45) is 0.310. The molecule has 1 fully saturated rings. The number of carbonyl (C=O) groups excluding carboxylic acids is 1. The van der Waals surface area contributed by atoms with Crippen molar-refractivity contribution in [2.75, 3.05) is 31.1 Å². The van der Waals surface area contributed by atoms with E-state index in [0.29, 0.717) is 19.5 Å². The Morgan fingerprint density at radius 2 is 1.62 bits per heavy atom. The van der Waals surface area contributed by atoms with Crippen molar-refractivity contribution in [3.05, 3.63) is 77.4 Å². The van der Waals surface area contributed by atoms with Gasteiger partial charge in [0.05, 0.1) is 29.2 Å². The maximum Gasteiger partial charge on any atom is 0.227 e. The third-order valence-corrected chi connectivity index (χ3v) is 5.47. The highest BCUT2D eigenvalue weighted by molar-refractivity contribution is 5.79. The third kappa shape index (κ3) is 4.01. The summed E-state index contributed by atoms with van der Waals surface area (Å²) in [7, 11) is 0. The highest BCUT2D eigenvalue weighted by Crippen LogP contribution is 2.27. The Balaban J connectivity index is 1.43. The van der Waals surface area contributed by atoms with Gasteiger partial charge in [-0.3, -0.25) is 4.79 Å². The summed E-state index contributed by atoms with van der Waals surface area (Å²) in [6.45, 7) is 7.03. The summed E-state index contributed by atoms with van der Waals surface area (Å²) >= 11 is 0. The molecule has 29 heavy (non-hydrogen) atoms. The Kier molecular flexibility index (Phi) is 5.34. The van der Waals surface area contributed by atoms with Crippen molar-refractivity contribution < 1.29 is 9.18 Å². The van der Waals surface area contributed by atoms with Crippen LogP contribution in [0, 0.1) is 19.7 Å². The van der Waals surface area contributed by atoms with Crippen molar-refractivity contribution in [1.29, 1.82) is 0 Å². The van der Waals surface area contributed by atoms with Gasteiger partial charge in [0.15, 0.2) is 0 Å². The van der Waals surface area contributed by atoms with Crippen LogP contribution in [0.2, 0.25) is 0 Å². The van der Waals surface area contributed by atoms with E-state index in [2.05, 4.69) is 24.0 Å². The second-order valence-corrected chi connectivity index (χ2v) is 7.44. The topological polar surface area (TPSA) is 41.4 Å². The van der Waals surface area contributed by atoms with Gasteiger partial charge in [0.2, 0.25) is 5.91 Å². The maximum atomic E-state index is 13.1. The first-order valence-corrected chi connectivity index (χ1v) is 9.92. The lowest BCUT2D eigenvalue weighted by Crippen LogP contribution is -2.49. The number of hydrogen-bond donors (Lipinski definition) is 0. The summed E-state index contributed by atoms with van der Waals surface area (Å²) < 4.78 is 15.0. The second kappa shape index (κ2) is 8.07. The third-order valence-electron chi connectivity index (χ3n) is 5.47. The van der Waals surface area contributed by atoms with E-state index in [-0.39, 0.29) is 11.7 Å². The first-order valence-electron chi connectivity index (χ1n) is 9.92. The van der Waals surface area contributed by atoms with Crippen LogP contribution in [-0.4, -0.2) is 46.8 Å². The quantitative estimate of drug-likeness (QED) is 0.682. The molecule has 0 spiro atoms. The van der Waals surface area contributed by atoms with Crippen molar-refractivity contribution in [1.82, 2.24) is 14.7 Å². The van der Waals surface area contributed by atoms with Crippen molar-refractivity contribution in [2.45, 2.75) is 20.3 Å². The summed E-state index contributed by atoms with van der Waals surface area (Å²) in [6, 6.07) is 16.3. The van der Waals surface area contributed by atoms with E-state index < -0.39 is 0 Å². The largest absolute Gasteiger partial charge is 0.365 e. The summed E-state index contributed by atoms with van der Waals surface area (Å²) in [5.74, 6) is -0.193. The predicted molar refractivity (Wildman–Crippen MR) is 112 cm³/mol. The molecule has 150 valence electrons. The molecular formula is C23H25FN4O. The molecule has 0 bridgehead atoms. The SMILES string of the molecule is Cc1nn(-c2ccccc2)c(C)c1N1CCN(C(=O)Cc2ccc(F)cc2)CC1. The van der Waals surface area contributed by atoms with E-state index in [1.165, 1.54) is 12.1 Å². The van der Waals surface area contributed by atoms with E-state index in [1.807, 2.05) is 34.7 Å². The molecule has 0 radical (unpaired) electrons. The van der Waals surface area contributed by atoms with Crippen LogP contribution in [0.3, 0.4) is 0 Å². The van der Waals surface area contributed by atoms with Gasteiger partial charge in [-0.25, -0.2) is 9.07 Å². The van der Waals surface area contributed by atoms with E-state index >= 15 is 0 Å². The van der Waals surface area contributed by atoms with E-state index in [1.54, 1.807) is 12.1 Å². The fourth-order valence-corrected chi connectivity index (χ4v) is 3.98. The molecule has 0 N–H and O–H groups in total. The van der Waals surface area contributed by atoms with Crippen LogP contribution >= 0.6 is 0 Å². The minimum Gasteiger partial charge on any atom is -0.365 e. The van der Waals surface area contributed by atoms with Crippen molar-refractivity contribution in [3.63, 3.8) is 0 Å². The zero-order valence-corrected chi connectivity index (χ0v) is 16.8. The van der Waals surface area contributed by atoms with Crippen LogP contribution in [0.15, 0.2) is 54.6 Å². The number of aromatic nitrogens is 2. The lowest BCUT2D eigenvalue weighted by atomic mass is 10.1. The number of anilines is 1. The van der Waals surface area contributed by atoms with Gasteiger partial charge in [-0.2, -0.15) is 5.10 Å². The number of nitrogens with zero attached hydrogens (tertiary/aromatic N) is 4. The number of benzene rings is 2. The van der Waals surface area contributed by atoms with Crippen molar-refractivity contribution >= 4 is 11.6 Å². The number of amides is 1. The molecule has 2 aromatic carbocycles. The molecule has 0 aliphatic carbocycles. The number of rotatable bonds is 4. The predicted octanol–water partition coefficient (Wildman–Crippen LogP) is 3.52. The Morgan fingerprint density at radius 3 is 2.28 bits per heavy atom. The summed E-state index contributed by atoms with van der Waals surface area (Å²) in [5.41, 5.74) is 5.15. The van der Waals surface area contributed by atoms with E-state index in [0.717, 1.165) is 41.4 Å². The monoisotopic (exact) mass is 392 g/mol. The van der Waals surface area contributed by atoms with Crippen molar-refractivity contribution in [2.24, 2.45) is 0 Å². The normalized spacial score (nSPS) is 14.3. The number of aryl methyl sites for hydroxylation is 1. The Bertz CT molecular complexity index is 990. The molecule has 1 aliphatic heterocycles. The maximum absolute atomic E-state index is 13.1. The van der Waals surface area contributed by atoms with E-state index in [4.69, 9.17) is 5.10 Å². The average Bonchev–Trinajstić information content (AvgIpc) is 3.04. The second-order valence-electron chi connectivity index (χ2n) is 7.44. The molecular weight excluding hydrogens is 367 g/mol. The minimum atomic E-state index is -0.281. The molecule has 0 saturated carbocycles. The number of piperazine rings is 1. The Morgan fingerprint density at radius 1 is 0.966 bits per heavy atom. The zero-order chi connectivity index (χ0) is 20.4. The minimum absolute atomic E-state index is 0.0877.